The fraction of sp³-hybridized carbons (Fsp3) is 0.467. The van der Waals surface area contributed by atoms with Crippen molar-refractivity contribution in [2.75, 3.05) is 0 Å². The third kappa shape index (κ3) is 3.34. The molecule has 0 aliphatic heterocycles. The quantitative estimate of drug-likeness (QED) is 0.871. The lowest BCUT2D eigenvalue weighted by Gasteiger charge is -2.28. The number of hydrogen-bond donors (Lipinski definition) is 2. The zero-order valence-electron chi connectivity index (χ0n) is 10.8. The van der Waals surface area contributed by atoms with Gasteiger partial charge in [0.1, 0.15) is 0 Å². The van der Waals surface area contributed by atoms with Crippen LogP contribution >= 0.6 is 0 Å². The van der Waals surface area contributed by atoms with Gasteiger partial charge in [-0.05, 0) is 55.2 Å². The molecule has 1 aliphatic rings. The summed E-state index contributed by atoms with van der Waals surface area (Å²) < 4.78 is 0. The Balaban J connectivity index is 2.05. The van der Waals surface area contributed by atoms with Gasteiger partial charge in [0, 0.05) is 12.0 Å². The van der Waals surface area contributed by atoms with E-state index in [1.54, 1.807) is 18.2 Å². The molecule has 0 saturated heterocycles. The molecule has 4 nitrogen and oxygen atoms in total. The molecule has 1 radical (unpaired) electrons. The van der Waals surface area contributed by atoms with Gasteiger partial charge in [-0.1, -0.05) is 12.1 Å². The topological polar surface area (TPSA) is 80.4 Å². The SMILES string of the molecule is NC(=O)c1ccc[c]c1C1CCC(CC(=O)O)CC1. The lowest BCUT2D eigenvalue weighted by molar-refractivity contribution is -0.138. The van der Waals surface area contributed by atoms with Gasteiger partial charge in [0.25, 0.3) is 0 Å². The molecule has 19 heavy (non-hydrogen) atoms. The molecule has 1 aromatic carbocycles. The van der Waals surface area contributed by atoms with Crippen molar-refractivity contribution in [3.63, 3.8) is 0 Å². The van der Waals surface area contributed by atoms with Crippen LogP contribution in [0.2, 0.25) is 0 Å². The van der Waals surface area contributed by atoms with E-state index < -0.39 is 11.9 Å². The summed E-state index contributed by atoms with van der Waals surface area (Å²) in [6.07, 6.45) is 3.82. The molecule has 1 aromatic rings. The number of nitrogens with two attached hydrogens (primary N) is 1. The maximum Gasteiger partial charge on any atom is 0.303 e. The highest BCUT2D eigenvalue weighted by Gasteiger charge is 2.26. The zero-order chi connectivity index (χ0) is 13.8. The molecule has 0 aromatic heterocycles. The van der Waals surface area contributed by atoms with E-state index in [4.69, 9.17) is 10.8 Å². The Morgan fingerprint density at radius 3 is 2.58 bits per heavy atom. The fourth-order valence-corrected chi connectivity index (χ4v) is 2.90. The third-order valence-corrected chi connectivity index (χ3v) is 3.87. The van der Waals surface area contributed by atoms with Crippen LogP contribution in [0.3, 0.4) is 0 Å². The predicted molar refractivity (Wildman–Crippen MR) is 70.7 cm³/mol. The first-order valence-corrected chi connectivity index (χ1v) is 6.60. The van der Waals surface area contributed by atoms with Crippen molar-refractivity contribution in [2.24, 2.45) is 11.7 Å². The Labute approximate surface area is 112 Å². The van der Waals surface area contributed by atoms with E-state index in [1.165, 1.54) is 0 Å². The molecular formula is C15H18NO3. The lowest BCUT2D eigenvalue weighted by atomic mass is 9.76. The standard InChI is InChI=1S/C15H18NO3/c16-15(19)13-4-2-1-3-12(13)11-7-5-10(6-8-11)9-14(17)18/h1-2,4,10-11H,5-9H2,(H2,16,19)(H,17,18). The van der Waals surface area contributed by atoms with Crippen LogP contribution in [0, 0.1) is 12.0 Å². The third-order valence-electron chi connectivity index (χ3n) is 3.87. The van der Waals surface area contributed by atoms with Crippen LogP contribution in [0.15, 0.2) is 18.2 Å². The summed E-state index contributed by atoms with van der Waals surface area (Å²) in [6, 6.07) is 8.42. The number of carboxylic acids is 1. The van der Waals surface area contributed by atoms with Crippen molar-refractivity contribution < 1.29 is 14.7 Å². The van der Waals surface area contributed by atoms with Crippen molar-refractivity contribution in [2.45, 2.75) is 38.0 Å². The maximum atomic E-state index is 11.4. The molecule has 1 aliphatic carbocycles. The van der Waals surface area contributed by atoms with Crippen LogP contribution in [0.5, 0.6) is 0 Å². The molecule has 1 fully saturated rings. The number of amides is 1. The maximum absolute atomic E-state index is 11.4. The van der Waals surface area contributed by atoms with Crippen molar-refractivity contribution in [1.82, 2.24) is 0 Å². The van der Waals surface area contributed by atoms with E-state index in [2.05, 4.69) is 6.07 Å². The summed E-state index contributed by atoms with van der Waals surface area (Å²) in [7, 11) is 0. The van der Waals surface area contributed by atoms with Crippen molar-refractivity contribution in [1.29, 1.82) is 0 Å². The minimum Gasteiger partial charge on any atom is -0.481 e. The fourth-order valence-electron chi connectivity index (χ4n) is 2.90. The first kappa shape index (κ1) is 13.6. The van der Waals surface area contributed by atoms with Crippen molar-refractivity contribution in [3.8, 4) is 0 Å². The minimum absolute atomic E-state index is 0.244. The predicted octanol–water partition coefficient (Wildman–Crippen LogP) is 2.33. The minimum atomic E-state index is -0.729. The molecule has 0 atom stereocenters. The van der Waals surface area contributed by atoms with E-state index in [0.717, 1.165) is 31.2 Å². The zero-order valence-corrected chi connectivity index (χ0v) is 10.8. The smallest absolute Gasteiger partial charge is 0.303 e. The summed E-state index contributed by atoms with van der Waals surface area (Å²) in [5, 5.41) is 8.80. The Hall–Kier alpha value is -1.84. The van der Waals surface area contributed by atoms with Gasteiger partial charge in [0.05, 0.1) is 0 Å². The Morgan fingerprint density at radius 1 is 1.32 bits per heavy atom. The van der Waals surface area contributed by atoms with Gasteiger partial charge >= 0.3 is 5.97 Å². The summed E-state index contributed by atoms with van der Waals surface area (Å²) >= 11 is 0. The molecular weight excluding hydrogens is 242 g/mol. The highest BCUT2D eigenvalue weighted by atomic mass is 16.4. The van der Waals surface area contributed by atoms with Gasteiger partial charge < -0.3 is 10.8 Å². The van der Waals surface area contributed by atoms with Crippen LogP contribution in [0.25, 0.3) is 0 Å². The van der Waals surface area contributed by atoms with Crippen LogP contribution < -0.4 is 5.73 Å². The average Bonchev–Trinajstić information content (AvgIpc) is 2.39. The van der Waals surface area contributed by atoms with Gasteiger partial charge in [0.2, 0.25) is 5.91 Å². The number of primary amides is 1. The number of rotatable bonds is 4. The number of hydrogen-bond acceptors (Lipinski definition) is 2. The Bertz CT molecular complexity index is 476. The molecule has 0 unspecified atom stereocenters. The van der Waals surface area contributed by atoms with Gasteiger partial charge in [0.15, 0.2) is 0 Å². The van der Waals surface area contributed by atoms with E-state index in [0.29, 0.717) is 5.56 Å². The molecule has 0 bridgehead atoms. The summed E-state index contributed by atoms with van der Waals surface area (Å²) in [4.78, 5) is 22.1. The second-order valence-electron chi connectivity index (χ2n) is 5.18. The van der Waals surface area contributed by atoms with Crippen LogP contribution in [-0.2, 0) is 4.79 Å². The van der Waals surface area contributed by atoms with Crippen LogP contribution in [0.4, 0.5) is 0 Å². The van der Waals surface area contributed by atoms with Gasteiger partial charge in [-0.3, -0.25) is 9.59 Å². The van der Waals surface area contributed by atoms with Crippen LogP contribution in [-0.4, -0.2) is 17.0 Å². The molecule has 2 rings (SSSR count). The number of aliphatic carboxylic acids is 1. The van der Waals surface area contributed by atoms with Gasteiger partial charge in [-0.15, -0.1) is 0 Å². The lowest BCUT2D eigenvalue weighted by Crippen LogP contribution is -2.20. The number of benzene rings is 1. The second-order valence-corrected chi connectivity index (χ2v) is 5.18. The molecule has 0 spiro atoms. The van der Waals surface area contributed by atoms with Crippen LogP contribution in [0.1, 0.15) is 53.9 Å². The van der Waals surface area contributed by atoms with Gasteiger partial charge in [-0.2, -0.15) is 0 Å². The molecule has 101 valence electrons. The molecule has 0 heterocycles. The summed E-state index contributed by atoms with van der Waals surface area (Å²) in [6.45, 7) is 0. The first-order valence-electron chi connectivity index (χ1n) is 6.60. The Kier molecular flexibility index (Phi) is 4.20. The van der Waals surface area contributed by atoms with E-state index in [-0.39, 0.29) is 18.3 Å². The normalized spacial score (nSPS) is 22.9. The first-order chi connectivity index (χ1) is 9.08. The van der Waals surface area contributed by atoms with Crippen molar-refractivity contribution >= 4 is 11.9 Å². The molecule has 4 heteroatoms. The van der Waals surface area contributed by atoms with E-state index in [1.807, 2.05) is 0 Å². The largest absolute Gasteiger partial charge is 0.481 e. The number of carboxylic acid groups (broad SMARTS) is 1. The average molecular weight is 260 g/mol. The summed E-state index contributed by atoms with van der Waals surface area (Å²) in [5.41, 5.74) is 6.82. The number of carbonyl (C=O) groups excluding carboxylic acids is 1. The Morgan fingerprint density at radius 2 is 2.00 bits per heavy atom. The molecule has 1 amide bonds. The van der Waals surface area contributed by atoms with Gasteiger partial charge in [-0.25, -0.2) is 0 Å². The monoisotopic (exact) mass is 260 g/mol. The highest BCUT2D eigenvalue weighted by Crippen LogP contribution is 2.37. The molecule has 3 N–H and O–H groups in total. The highest BCUT2D eigenvalue weighted by molar-refractivity contribution is 5.94. The molecule has 1 saturated carbocycles. The number of carbonyl (C=O) groups is 2. The summed E-state index contributed by atoms with van der Waals surface area (Å²) in [5.74, 6) is -0.615. The van der Waals surface area contributed by atoms with Crippen molar-refractivity contribution in [3.05, 3.63) is 35.4 Å². The van der Waals surface area contributed by atoms with E-state index in [9.17, 15) is 9.59 Å². The van der Waals surface area contributed by atoms with E-state index >= 15 is 0 Å². The second kappa shape index (κ2) is 5.87.